The molecule has 1 amide bonds. The van der Waals surface area contributed by atoms with E-state index in [2.05, 4.69) is 29.4 Å². The molecule has 2 bridgehead atoms. The van der Waals surface area contributed by atoms with Crippen LogP contribution in [0.15, 0.2) is 5.38 Å². The zero-order valence-electron chi connectivity index (χ0n) is 11.0. The largest absolute Gasteiger partial charge is 0.323 e. The van der Waals surface area contributed by atoms with Gasteiger partial charge in [-0.15, -0.1) is 11.3 Å². The molecule has 98 valence electrons. The predicted molar refractivity (Wildman–Crippen MR) is 75.1 cm³/mol. The number of piperidine rings is 3. The zero-order chi connectivity index (χ0) is 12.7. The molecule has 4 rings (SSSR count). The molecule has 1 atom stereocenters. The van der Waals surface area contributed by atoms with E-state index < -0.39 is 0 Å². The second-order valence-corrected chi connectivity index (χ2v) is 6.65. The summed E-state index contributed by atoms with van der Waals surface area (Å²) in [6.07, 6.45) is 3.61. The molecule has 0 aliphatic carbocycles. The molecule has 3 nitrogen and oxygen atoms in total. The van der Waals surface area contributed by atoms with Gasteiger partial charge in [-0.2, -0.15) is 0 Å². The lowest BCUT2D eigenvalue weighted by molar-refractivity contribution is -0.125. The van der Waals surface area contributed by atoms with Crippen molar-refractivity contribution in [3.63, 3.8) is 0 Å². The minimum Gasteiger partial charge on any atom is -0.323 e. The number of carbonyl (C=O) groups excluding carboxylic acids is 1. The van der Waals surface area contributed by atoms with Crippen molar-refractivity contribution in [2.45, 2.75) is 39.2 Å². The Kier molecular flexibility index (Phi) is 3.16. The number of fused-ring (bicyclic) bond motifs is 3. The van der Waals surface area contributed by atoms with E-state index in [0.29, 0.717) is 0 Å². The molecule has 3 aliphatic rings. The molecule has 1 N–H and O–H groups in total. The van der Waals surface area contributed by atoms with Crippen LogP contribution in [0.2, 0.25) is 0 Å². The van der Waals surface area contributed by atoms with Crippen LogP contribution in [0.5, 0.6) is 0 Å². The fourth-order valence-corrected chi connectivity index (χ4v) is 4.00. The van der Waals surface area contributed by atoms with E-state index in [1.165, 1.54) is 23.3 Å². The van der Waals surface area contributed by atoms with Gasteiger partial charge in [-0.05, 0) is 63.1 Å². The lowest BCUT2D eigenvalue weighted by atomic mass is 9.83. The molecule has 0 spiro atoms. The highest BCUT2D eigenvalue weighted by atomic mass is 32.1. The highest BCUT2D eigenvalue weighted by Crippen LogP contribution is 2.33. The summed E-state index contributed by atoms with van der Waals surface area (Å²) < 4.78 is 0. The Morgan fingerprint density at radius 2 is 2.11 bits per heavy atom. The van der Waals surface area contributed by atoms with Gasteiger partial charge in [0.05, 0.1) is 11.7 Å². The third kappa shape index (κ3) is 2.08. The Hall–Kier alpha value is -0.870. The average molecular weight is 264 g/mol. The van der Waals surface area contributed by atoms with Gasteiger partial charge in [0.1, 0.15) is 0 Å². The Labute approximate surface area is 112 Å². The number of anilines is 1. The summed E-state index contributed by atoms with van der Waals surface area (Å²) in [5.74, 6) is 0.972. The first-order valence-corrected chi connectivity index (χ1v) is 7.62. The van der Waals surface area contributed by atoms with Crippen molar-refractivity contribution in [2.75, 3.05) is 18.4 Å². The summed E-state index contributed by atoms with van der Waals surface area (Å²) in [6.45, 7) is 6.34. The van der Waals surface area contributed by atoms with E-state index in [0.717, 1.165) is 31.1 Å². The highest BCUT2D eigenvalue weighted by Gasteiger charge is 2.37. The van der Waals surface area contributed by atoms with Gasteiger partial charge in [0.2, 0.25) is 5.91 Å². The standard InChI is InChI=1S/C14H20N2OS/c1-9-8-18-10(2)13(9)15-14(17)12-7-11-3-5-16(12)6-4-11/h8,11-12H,3-7H2,1-2H3,(H,15,17). The SMILES string of the molecule is Cc1csc(C)c1NC(=O)C1CC2CCN1CC2. The van der Waals surface area contributed by atoms with Crippen molar-refractivity contribution in [1.29, 1.82) is 0 Å². The zero-order valence-corrected chi connectivity index (χ0v) is 11.8. The third-order valence-electron chi connectivity index (χ3n) is 4.36. The van der Waals surface area contributed by atoms with Crippen LogP contribution >= 0.6 is 11.3 Å². The number of thiophene rings is 1. The van der Waals surface area contributed by atoms with Gasteiger partial charge in [-0.1, -0.05) is 0 Å². The molecule has 4 heteroatoms. The Morgan fingerprint density at radius 1 is 1.39 bits per heavy atom. The molecule has 0 aromatic carbocycles. The number of carbonyl (C=O) groups is 1. The molecular weight excluding hydrogens is 244 g/mol. The smallest absolute Gasteiger partial charge is 0.241 e. The van der Waals surface area contributed by atoms with E-state index in [-0.39, 0.29) is 11.9 Å². The number of nitrogens with one attached hydrogen (secondary N) is 1. The monoisotopic (exact) mass is 264 g/mol. The van der Waals surface area contributed by atoms with Crippen molar-refractivity contribution in [3.8, 4) is 0 Å². The third-order valence-corrected chi connectivity index (χ3v) is 5.39. The molecular formula is C14H20N2OS. The molecule has 0 saturated carbocycles. The lowest BCUT2D eigenvalue weighted by Gasteiger charge is -2.44. The Morgan fingerprint density at radius 3 is 2.61 bits per heavy atom. The van der Waals surface area contributed by atoms with Gasteiger partial charge in [-0.25, -0.2) is 0 Å². The van der Waals surface area contributed by atoms with Crippen molar-refractivity contribution in [3.05, 3.63) is 15.8 Å². The lowest BCUT2D eigenvalue weighted by Crippen LogP contribution is -2.53. The second-order valence-electron chi connectivity index (χ2n) is 5.57. The van der Waals surface area contributed by atoms with Crippen LogP contribution in [0, 0.1) is 19.8 Å². The molecule has 3 saturated heterocycles. The van der Waals surface area contributed by atoms with Crippen LogP contribution in [-0.2, 0) is 4.79 Å². The molecule has 4 heterocycles. The summed E-state index contributed by atoms with van der Waals surface area (Å²) >= 11 is 1.71. The van der Waals surface area contributed by atoms with E-state index in [1.54, 1.807) is 11.3 Å². The van der Waals surface area contributed by atoms with Gasteiger partial charge < -0.3 is 5.32 Å². The molecule has 1 aromatic heterocycles. The van der Waals surface area contributed by atoms with Crippen LogP contribution < -0.4 is 5.32 Å². The van der Waals surface area contributed by atoms with Gasteiger partial charge in [0.25, 0.3) is 0 Å². The number of amides is 1. The number of hydrogen-bond donors (Lipinski definition) is 1. The highest BCUT2D eigenvalue weighted by molar-refractivity contribution is 7.10. The normalized spacial score (nSPS) is 30.4. The molecule has 1 unspecified atom stereocenters. The maximum atomic E-state index is 12.4. The fraction of sp³-hybridized carbons (Fsp3) is 0.643. The van der Waals surface area contributed by atoms with E-state index in [1.807, 2.05) is 0 Å². The number of nitrogens with zero attached hydrogens (tertiary/aromatic N) is 1. The van der Waals surface area contributed by atoms with Crippen molar-refractivity contribution >= 4 is 22.9 Å². The molecule has 0 radical (unpaired) electrons. The summed E-state index contributed by atoms with van der Waals surface area (Å²) in [6, 6.07) is 0.108. The van der Waals surface area contributed by atoms with Crippen molar-refractivity contribution < 1.29 is 4.79 Å². The topological polar surface area (TPSA) is 32.3 Å². The van der Waals surface area contributed by atoms with Crippen LogP contribution in [0.25, 0.3) is 0 Å². The second kappa shape index (κ2) is 4.67. The number of aryl methyl sites for hydroxylation is 2. The minimum atomic E-state index is 0.108. The minimum absolute atomic E-state index is 0.108. The molecule has 3 aliphatic heterocycles. The molecule has 18 heavy (non-hydrogen) atoms. The predicted octanol–water partition coefficient (Wildman–Crippen LogP) is 2.79. The van der Waals surface area contributed by atoms with Crippen LogP contribution in [-0.4, -0.2) is 29.9 Å². The van der Waals surface area contributed by atoms with Gasteiger partial charge >= 0.3 is 0 Å². The molecule has 1 aromatic rings. The van der Waals surface area contributed by atoms with Crippen LogP contribution in [0.3, 0.4) is 0 Å². The van der Waals surface area contributed by atoms with Gasteiger partial charge in [0.15, 0.2) is 0 Å². The maximum absolute atomic E-state index is 12.4. The maximum Gasteiger partial charge on any atom is 0.241 e. The van der Waals surface area contributed by atoms with Crippen LogP contribution in [0.1, 0.15) is 29.7 Å². The van der Waals surface area contributed by atoms with E-state index >= 15 is 0 Å². The summed E-state index contributed by atoms with van der Waals surface area (Å²) in [5.41, 5.74) is 2.22. The fourth-order valence-electron chi connectivity index (χ4n) is 3.20. The number of rotatable bonds is 2. The van der Waals surface area contributed by atoms with Crippen molar-refractivity contribution in [2.24, 2.45) is 5.92 Å². The summed E-state index contributed by atoms with van der Waals surface area (Å²) in [5, 5.41) is 5.25. The Bertz CT molecular complexity index is 441. The summed E-state index contributed by atoms with van der Waals surface area (Å²) in [7, 11) is 0. The average Bonchev–Trinajstić information content (AvgIpc) is 2.72. The van der Waals surface area contributed by atoms with Gasteiger partial charge in [-0.3, -0.25) is 9.69 Å². The van der Waals surface area contributed by atoms with Crippen LogP contribution in [0.4, 0.5) is 5.69 Å². The number of hydrogen-bond acceptors (Lipinski definition) is 3. The Balaban J connectivity index is 1.72. The first-order valence-electron chi connectivity index (χ1n) is 6.74. The van der Waals surface area contributed by atoms with E-state index in [4.69, 9.17) is 0 Å². The van der Waals surface area contributed by atoms with E-state index in [9.17, 15) is 4.79 Å². The molecule has 3 fully saturated rings. The quantitative estimate of drug-likeness (QED) is 0.891. The first kappa shape index (κ1) is 12.2. The first-order chi connectivity index (χ1) is 8.65. The van der Waals surface area contributed by atoms with Crippen molar-refractivity contribution in [1.82, 2.24) is 4.90 Å². The van der Waals surface area contributed by atoms with Gasteiger partial charge in [0, 0.05) is 4.88 Å². The summed E-state index contributed by atoms with van der Waals surface area (Å²) in [4.78, 5) is 16.0.